The Bertz CT molecular complexity index is 275. The summed E-state index contributed by atoms with van der Waals surface area (Å²) in [5.41, 5.74) is 18.2. The summed E-state index contributed by atoms with van der Waals surface area (Å²) in [4.78, 5) is 0. The lowest BCUT2D eigenvalue weighted by atomic mass is 10.1. The quantitative estimate of drug-likeness (QED) is 0.599. The van der Waals surface area contributed by atoms with Crippen LogP contribution in [0.3, 0.4) is 0 Å². The van der Waals surface area contributed by atoms with Crippen molar-refractivity contribution in [1.29, 1.82) is 0 Å². The van der Waals surface area contributed by atoms with Gasteiger partial charge in [0.25, 0.3) is 0 Å². The highest BCUT2D eigenvalue weighted by Crippen LogP contribution is 2.22. The molecule has 0 aromatic heterocycles. The molecular formula is C8H12ClN3. The molecule has 0 aliphatic carbocycles. The normalized spacial score (nSPS) is 12.9. The monoisotopic (exact) mass is 185 g/mol. The lowest BCUT2D eigenvalue weighted by molar-refractivity contribution is 0.739. The summed E-state index contributed by atoms with van der Waals surface area (Å²) in [7, 11) is 0. The average Bonchev–Trinajstić information content (AvgIpc) is 2.08. The van der Waals surface area contributed by atoms with Gasteiger partial charge in [-0.1, -0.05) is 11.6 Å². The van der Waals surface area contributed by atoms with Gasteiger partial charge in [-0.3, -0.25) is 0 Å². The second-order valence-electron chi connectivity index (χ2n) is 2.62. The van der Waals surface area contributed by atoms with Crippen molar-refractivity contribution >= 4 is 17.3 Å². The minimum absolute atomic E-state index is 0.233. The fourth-order valence-electron chi connectivity index (χ4n) is 0.994. The maximum atomic E-state index is 5.77. The number of rotatable bonds is 2. The maximum absolute atomic E-state index is 5.77. The van der Waals surface area contributed by atoms with Crippen LogP contribution in [0.1, 0.15) is 11.6 Å². The Hall–Kier alpha value is -0.770. The van der Waals surface area contributed by atoms with Crippen molar-refractivity contribution in [2.75, 3.05) is 12.3 Å². The van der Waals surface area contributed by atoms with Gasteiger partial charge in [0.2, 0.25) is 0 Å². The van der Waals surface area contributed by atoms with Gasteiger partial charge in [0.1, 0.15) is 0 Å². The molecule has 0 unspecified atom stereocenters. The Morgan fingerprint density at radius 2 is 2.08 bits per heavy atom. The van der Waals surface area contributed by atoms with E-state index in [2.05, 4.69) is 0 Å². The van der Waals surface area contributed by atoms with E-state index in [0.29, 0.717) is 17.3 Å². The molecule has 4 heteroatoms. The Morgan fingerprint density at radius 1 is 1.42 bits per heavy atom. The molecule has 1 atom stereocenters. The Kier molecular flexibility index (Phi) is 2.92. The third kappa shape index (κ3) is 1.88. The summed E-state index contributed by atoms with van der Waals surface area (Å²) in [6.07, 6.45) is 0. The molecule has 3 nitrogen and oxygen atoms in total. The summed E-state index contributed by atoms with van der Waals surface area (Å²) >= 11 is 5.77. The van der Waals surface area contributed by atoms with Crippen molar-refractivity contribution in [3.8, 4) is 0 Å². The van der Waals surface area contributed by atoms with Crippen molar-refractivity contribution < 1.29 is 0 Å². The molecular weight excluding hydrogens is 174 g/mol. The molecule has 1 aromatic rings. The Morgan fingerprint density at radius 3 is 2.67 bits per heavy atom. The summed E-state index contributed by atoms with van der Waals surface area (Å²) in [6.45, 7) is 0.366. The predicted molar refractivity (Wildman–Crippen MR) is 51.8 cm³/mol. The van der Waals surface area contributed by atoms with E-state index in [1.54, 1.807) is 18.2 Å². The third-order valence-corrected chi connectivity index (χ3v) is 1.94. The fraction of sp³-hybridized carbons (Fsp3) is 0.250. The number of nitrogen functional groups attached to an aromatic ring is 1. The van der Waals surface area contributed by atoms with Crippen molar-refractivity contribution in [2.45, 2.75) is 6.04 Å². The van der Waals surface area contributed by atoms with Gasteiger partial charge in [-0.15, -0.1) is 0 Å². The van der Waals surface area contributed by atoms with Crippen molar-refractivity contribution in [2.24, 2.45) is 11.5 Å². The zero-order valence-corrected chi connectivity index (χ0v) is 7.38. The van der Waals surface area contributed by atoms with Crippen molar-refractivity contribution in [1.82, 2.24) is 0 Å². The van der Waals surface area contributed by atoms with Crippen LogP contribution in [0, 0.1) is 0 Å². The van der Waals surface area contributed by atoms with Gasteiger partial charge in [0, 0.05) is 23.3 Å². The number of halogens is 1. The molecule has 0 spiro atoms. The molecule has 0 aliphatic heterocycles. The first-order valence-electron chi connectivity index (χ1n) is 3.65. The van der Waals surface area contributed by atoms with Gasteiger partial charge in [0.15, 0.2) is 0 Å². The van der Waals surface area contributed by atoms with E-state index >= 15 is 0 Å². The highest BCUT2D eigenvalue weighted by atomic mass is 35.5. The van der Waals surface area contributed by atoms with Gasteiger partial charge in [-0.2, -0.15) is 0 Å². The lowest BCUT2D eigenvalue weighted by Crippen LogP contribution is -2.21. The number of hydrogen-bond acceptors (Lipinski definition) is 3. The molecule has 0 amide bonds. The molecule has 12 heavy (non-hydrogen) atoms. The van der Waals surface area contributed by atoms with Crippen molar-refractivity contribution in [3.63, 3.8) is 0 Å². The first-order chi connectivity index (χ1) is 5.65. The number of benzene rings is 1. The zero-order chi connectivity index (χ0) is 9.14. The third-order valence-electron chi connectivity index (χ3n) is 1.70. The summed E-state index contributed by atoms with van der Waals surface area (Å²) in [6, 6.07) is 4.97. The van der Waals surface area contributed by atoms with Crippen LogP contribution in [0.5, 0.6) is 0 Å². The van der Waals surface area contributed by atoms with Crippen LogP contribution in [-0.4, -0.2) is 6.54 Å². The molecule has 66 valence electrons. The van der Waals surface area contributed by atoms with Crippen LogP contribution in [0.2, 0.25) is 5.02 Å². The second kappa shape index (κ2) is 3.76. The second-order valence-corrected chi connectivity index (χ2v) is 3.05. The van der Waals surface area contributed by atoms with Crippen LogP contribution < -0.4 is 17.2 Å². The lowest BCUT2D eigenvalue weighted by Gasteiger charge is -2.11. The molecule has 6 N–H and O–H groups in total. The molecule has 0 radical (unpaired) electrons. The molecule has 0 heterocycles. The van der Waals surface area contributed by atoms with Gasteiger partial charge in [-0.05, 0) is 23.8 Å². The first kappa shape index (κ1) is 9.32. The van der Waals surface area contributed by atoms with Gasteiger partial charge >= 0.3 is 0 Å². The summed E-state index contributed by atoms with van der Waals surface area (Å²) < 4.78 is 0. The topological polar surface area (TPSA) is 78.1 Å². The zero-order valence-electron chi connectivity index (χ0n) is 6.63. The average molecular weight is 186 g/mol. The number of anilines is 1. The standard InChI is InChI=1S/C8H12ClN3/c9-5-1-2-7(11)6(3-5)8(12)4-10/h1-3,8H,4,10-12H2/t8-/m1/s1. The van der Waals surface area contributed by atoms with E-state index in [1.165, 1.54) is 0 Å². The van der Waals surface area contributed by atoms with E-state index in [9.17, 15) is 0 Å². The highest BCUT2D eigenvalue weighted by molar-refractivity contribution is 6.30. The van der Waals surface area contributed by atoms with Crippen LogP contribution in [0.4, 0.5) is 5.69 Å². The molecule has 0 fully saturated rings. The molecule has 0 saturated heterocycles. The van der Waals surface area contributed by atoms with E-state index in [1.807, 2.05) is 0 Å². The first-order valence-corrected chi connectivity index (χ1v) is 4.03. The smallest absolute Gasteiger partial charge is 0.0440 e. The number of nitrogens with two attached hydrogens (primary N) is 3. The predicted octanol–water partition coefficient (Wildman–Crippen LogP) is 0.881. The molecule has 0 bridgehead atoms. The van der Waals surface area contributed by atoms with Crippen LogP contribution >= 0.6 is 11.6 Å². The maximum Gasteiger partial charge on any atom is 0.0440 e. The summed E-state index contributed by atoms with van der Waals surface area (Å²) in [5, 5.41) is 0.628. The number of hydrogen-bond donors (Lipinski definition) is 3. The molecule has 1 aromatic carbocycles. The van der Waals surface area contributed by atoms with Gasteiger partial charge in [0.05, 0.1) is 0 Å². The SMILES string of the molecule is NC[C@@H](N)c1cc(Cl)ccc1N. The van der Waals surface area contributed by atoms with Crippen molar-refractivity contribution in [3.05, 3.63) is 28.8 Å². The molecule has 0 aliphatic rings. The van der Waals surface area contributed by atoms with Gasteiger partial charge < -0.3 is 17.2 Å². The van der Waals surface area contributed by atoms with Crippen LogP contribution in [0.15, 0.2) is 18.2 Å². The molecule has 0 saturated carbocycles. The van der Waals surface area contributed by atoms with E-state index in [0.717, 1.165) is 5.56 Å². The van der Waals surface area contributed by atoms with E-state index in [4.69, 9.17) is 28.8 Å². The highest BCUT2D eigenvalue weighted by Gasteiger charge is 2.07. The van der Waals surface area contributed by atoms with Gasteiger partial charge in [-0.25, -0.2) is 0 Å². The van der Waals surface area contributed by atoms with Crippen LogP contribution in [0.25, 0.3) is 0 Å². The van der Waals surface area contributed by atoms with E-state index in [-0.39, 0.29) is 6.04 Å². The Labute approximate surface area is 76.5 Å². The van der Waals surface area contributed by atoms with Crippen LogP contribution in [-0.2, 0) is 0 Å². The van der Waals surface area contributed by atoms with E-state index < -0.39 is 0 Å². The minimum Gasteiger partial charge on any atom is -0.398 e. The largest absolute Gasteiger partial charge is 0.398 e. The summed E-state index contributed by atoms with van der Waals surface area (Å²) in [5.74, 6) is 0. The fourth-order valence-corrected chi connectivity index (χ4v) is 1.17. The molecule has 1 rings (SSSR count). The Balaban J connectivity index is 3.04. The minimum atomic E-state index is -0.233.